The van der Waals surface area contributed by atoms with Crippen molar-refractivity contribution < 1.29 is 0 Å². The molecule has 2 aromatic carbocycles. The van der Waals surface area contributed by atoms with Gasteiger partial charge >= 0.3 is 0 Å². The highest BCUT2D eigenvalue weighted by Crippen LogP contribution is 2.45. The molecule has 1 aliphatic rings. The first kappa shape index (κ1) is 19.3. The lowest BCUT2D eigenvalue weighted by molar-refractivity contribution is 0.340. The van der Waals surface area contributed by atoms with Gasteiger partial charge in [-0.2, -0.15) is 0 Å². The molecular weight excluding hydrogens is 386 g/mol. The predicted octanol–water partition coefficient (Wildman–Crippen LogP) is 6.82. The van der Waals surface area contributed by atoms with E-state index in [1.165, 1.54) is 27.6 Å². The van der Waals surface area contributed by atoms with Crippen LogP contribution in [0.1, 0.15) is 45.2 Å². The van der Waals surface area contributed by atoms with Crippen molar-refractivity contribution in [3.63, 3.8) is 0 Å². The summed E-state index contributed by atoms with van der Waals surface area (Å²) >= 11 is 1.70. The molecule has 4 aromatic rings. The molecule has 5 rings (SSSR count). The van der Waals surface area contributed by atoms with Crippen LogP contribution in [0.3, 0.4) is 0 Å². The Morgan fingerprint density at radius 1 is 0.900 bits per heavy atom. The summed E-state index contributed by atoms with van der Waals surface area (Å²) in [5.41, 5.74) is 5.31. The van der Waals surface area contributed by atoms with E-state index in [1.54, 1.807) is 17.7 Å². The van der Waals surface area contributed by atoms with Gasteiger partial charge in [-0.15, -0.1) is 11.3 Å². The Morgan fingerprint density at radius 2 is 1.63 bits per heavy atom. The van der Waals surface area contributed by atoms with Gasteiger partial charge in [0.1, 0.15) is 17.0 Å². The van der Waals surface area contributed by atoms with Crippen LogP contribution >= 0.6 is 11.3 Å². The van der Waals surface area contributed by atoms with Gasteiger partial charge in [0.15, 0.2) is 0 Å². The lowest BCUT2D eigenvalue weighted by atomic mass is 9.75. The van der Waals surface area contributed by atoms with Crippen molar-refractivity contribution in [2.45, 2.75) is 51.6 Å². The van der Waals surface area contributed by atoms with Crippen LogP contribution in [-0.4, -0.2) is 15.5 Å². The number of rotatable bonds is 2. The van der Waals surface area contributed by atoms with Crippen molar-refractivity contribution in [1.82, 2.24) is 9.97 Å². The van der Waals surface area contributed by atoms with E-state index in [-0.39, 0.29) is 11.0 Å². The number of hydrogen-bond donors (Lipinski definition) is 0. The lowest BCUT2D eigenvalue weighted by Gasteiger charge is -2.41. The van der Waals surface area contributed by atoms with Gasteiger partial charge in [0.05, 0.1) is 5.39 Å². The molecule has 0 saturated heterocycles. The quantitative estimate of drug-likeness (QED) is 0.361. The number of thiophene rings is 1. The molecule has 3 nitrogen and oxygen atoms in total. The molecule has 0 fully saturated rings. The monoisotopic (exact) mass is 413 g/mol. The standard InChI is InChI=1S/C26H27N3S/c1-25(2)16-26(3,4)29(14-19-12-8-9-13-21(19)25)23-22-20(18-10-6-5-7-11-18)15-30-24(22)28-17-27-23/h5-13,15,17H,14,16H2,1-4H3. The molecular formula is C26H27N3S. The number of fused-ring (bicyclic) bond motifs is 2. The molecule has 0 radical (unpaired) electrons. The van der Waals surface area contributed by atoms with E-state index in [0.717, 1.165) is 23.6 Å². The van der Waals surface area contributed by atoms with Crippen LogP contribution in [0.15, 0.2) is 66.3 Å². The molecule has 2 aromatic heterocycles. The highest BCUT2D eigenvalue weighted by molar-refractivity contribution is 7.17. The zero-order valence-electron chi connectivity index (χ0n) is 18.0. The molecule has 0 N–H and O–H groups in total. The number of hydrogen-bond acceptors (Lipinski definition) is 4. The Bertz CT molecular complexity index is 1210. The first-order valence-corrected chi connectivity index (χ1v) is 11.4. The molecule has 0 aliphatic carbocycles. The Kier molecular flexibility index (Phi) is 4.44. The van der Waals surface area contributed by atoms with E-state index in [0.29, 0.717) is 0 Å². The number of nitrogens with zero attached hydrogens (tertiary/aromatic N) is 3. The fraction of sp³-hybridized carbons (Fsp3) is 0.308. The van der Waals surface area contributed by atoms with Crippen LogP contribution < -0.4 is 4.90 Å². The maximum atomic E-state index is 4.87. The van der Waals surface area contributed by atoms with Gasteiger partial charge in [-0.1, -0.05) is 68.4 Å². The molecule has 3 heterocycles. The Hall–Kier alpha value is -2.72. The van der Waals surface area contributed by atoms with Crippen LogP contribution in [0.5, 0.6) is 0 Å². The third-order valence-corrected chi connectivity index (χ3v) is 7.26. The summed E-state index contributed by atoms with van der Waals surface area (Å²) in [6.45, 7) is 10.3. The van der Waals surface area contributed by atoms with Crippen molar-refractivity contribution in [3.05, 3.63) is 77.4 Å². The van der Waals surface area contributed by atoms with E-state index in [1.807, 2.05) is 0 Å². The highest BCUT2D eigenvalue weighted by Gasteiger charge is 2.40. The van der Waals surface area contributed by atoms with Crippen molar-refractivity contribution in [1.29, 1.82) is 0 Å². The summed E-state index contributed by atoms with van der Waals surface area (Å²) < 4.78 is 0. The Balaban J connectivity index is 1.73. The molecule has 0 amide bonds. The van der Waals surface area contributed by atoms with Gasteiger partial charge in [0.25, 0.3) is 0 Å². The first-order valence-electron chi connectivity index (χ1n) is 10.5. The van der Waals surface area contributed by atoms with Crippen molar-refractivity contribution in [2.24, 2.45) is 0 Å². The maximum Gasteiger partial charge on any atom is 0.142 e. The summed E-state index contributed by atoms with van der Waals surface area (Å²) in [4.78, 5) is 13.0. The molecule has 0 atom stereocenters. The van der Waals surface area contributed by atoms with Crippen LogP contribution in [0, 0.1) is 0 Å². The SMILES string of the molecule is CC1(C)CC(C)(C)N(c2ncnc3scc(-c4ccccc4)c23)Cc2ccccc21. The van der Waals surface area contributed by atoms with Gasteiger partial charge < -0.3 is 4.90 Å². The second-order valence-electron chi connectivity index (χ2n) is 9.51. The molecule has 0 saturated carbocycles. The molecule has 0 unspecified atom stereocenters. The van der Waals surface area contributed by atoms with Crippen LogP contribution in [0.2, 0.25) is 0 Å². The third-order valence-electron chi connectivity index (χ3n) is 6.37. The zero-order chi connectivity index (χ0) is 20.9. The predicted molar refractivity (Wildman–Crippen MR) is 127 cm³/mol. The molecule has 0 spiro atoms. The molecule has 152 valence electrons. The topological polar surface area (TPSA) is 29.0 Å². The number of aromatic nitrogens is 2. The first-order chi connectivity index (χ1) is 14.4. The molecule has 30 heavy (non-hydrogen) atoms. The summed E-state index contributed by atoms with van der Waals surface area (Å²) in [5.74, 6) is 1.04. The maximum absolute atomic E-state index is 4.87. The average molecular weight is 414 g/mol. The van der Waals surface area contributed by atoms with Crippen molar-refractivity contribution >= 4 is 27.4 Å². The number of benzene rings is 2. The minimum Gasteiger partial charge on any atom is -0.346 e. The largest absolute Gasteiger partial charge is 0.346 e. The molecule has 1 aliphatic heterocycles. The van der Waals surface area contributed by atoms with E-state index in [2.05, 4.69) is 97.6 Å². The summed E-state index contributed by atoms with van der Waals surface area (Å²) in [6, 6.07) is 19.5. The minimum absolute atomic E-state index is 0.0559. The molecule has 0 bridgehead atoms. The van der Waals surface area contributed by atoms with Gasteiger partial charge in [-0.05, 0) is 42.4 Å². The van der Waals surface area contributed by atoms with E-state index < -0.39 is 0 Å². The average Bonchev–Trinajstić information content (AvgIpc) is 3.13. The number of anilines is 1. The van der Waals surface area contributed by atoms with Gasteiger partial charge in [-0.3, -0.25) is 0 Å². The molecule has 4 heteroatoms. The van der Waals surface area contributed by atoms with Crippen molar-refractivity contribution in [2.75, 3.05) is 4.90 Å². The summed E-state index contributed by atoms with van der Waals surface area (Å²) in [7, 11) is 0. The fourth-order valence-corrected chi connectivity index (χ4v) is 6.14. The van der Waals surface area contributed by atoms with Crippen LogP contribution in [0.25, 0.3) is 21.3 Å². The van der Waals surface area contributed by atoms with Crippen LogP contribution in [-0.2, 0) is 12.0 Å². The second-order valence-corrected chi connectivity index (χ2v) is 10.4. The van der Waals surface area contributed by atoms with Gasteiger partial charge in [0, 0.05) is 23.0 Å². The summed E-state index contributed by atoms with van der Waals surface area (Å²) in [5, 5.41) is 3.39. The van der Waals surface area contributed by atoms with Crippen LogP contribution in [0.4, 0.5) is 5.82 Å². The van der Waals surface area contributed by atoms with Crippen molar-refractivity contribution in [3.8, 4) is 11.1 Å². The smallest absolute Gasteiger partial charge is 0.142 e. The third kappa shape index (κ3) is 3.10. The van der Waals surface area contributed by atoms with E-state index >= 15 is 0 Å². The lowest BCUT2D eigenvalue weighted by Crippen LogP contribution is -2.45. The highest BCUT2D eigenvalue weighted by atomic mass is 32.1. The van der Waals surface area contributed by atoms with Gasteiger partial charge in [0.2, 0.25) is 0 Å². The fourth-order valence-electron chi connectivity index (χ4n) is 5.23. The van der Waals surface area contributed by atoms with E-state index in [4.69, 9.17) is 4.98 Å². The summed E-state index contributed by atoms with van der Waals surface area (Å²) in [6.07, 6.45) is 2.77. The van der Waals surface area contributed by atoms with E-state index in [9.17, 15) is 0 Å². The zero-order valence-corrected chi connectivity index (χ0v) is 18.8. The normalized spacial score (nSPS) is 17.5. The minimum atomic E-state index is -0.0559. The van der Waals surface area contributed by atoms with Gasteiger partial charge in [-0.25, -0.2) is 9.97 Å². The Labute approximate surface area is 182 Å². The Morgan fingerprint density at radius 3 is 2.43 bits per heavy atom. The second kappa shape index (κ2) is 6.92.